The van der Waals surface area contributed by atoms with E-state index in [0.717, 1.165) is 18.4 Å². The van der Waals surface area contributed by atoms with E-state index < -0.39 is 28.6 Å². The second-order valence-electron chi connectivity index (χ2n) is 5.05. The number of rotatable bonds is 5. The molecule has 0 saturated carbocycles. The first-order valence-electron chi connectivity index (χ1n) is 6.98. The maximum atomic E-state index is 11.9. The number of aromatic nitrogens is 1. The molecule has 0 atom stereocenters. The van der Waals surface area contributed by atoms with Gasteiger partial charge in [0.25, 0.3) is 5.56 Å². The molecular weight excluding hydrogens is 300 g/mol. The fraction of sp³-hybridized carbons (Fsp3) is 0.188. The highest BCUT2D eigenvalue weighted by atomic mass is 16.4. The van der Waals surface area contributed by atoms with Gasteiger partial charge in [0.2, 0.25) is 0 Å². The average molecular weight is 316 g/mol. The summed E-state index contributed by atoms with van der Waals surface area (Å²) >= 11 is 0. The van der Waals surface area contributed by atoms with Crippen LogP contribution >= 0.6 is 0 Å². The number of aromatic amines is 1. The first-order chi connectivity index (χ1) is 10.9. The molecular formula is C16H16N2O5. The summed E-state index contributed by atoms with van der Waals surface area (Å²) < 4.78 is 0. The van der Waals surface area contributed by atoms with Crippen LogP contribution in [0.2, 0.25) is 0 Å². The standard InChI is InChI=1S/C16H16N2O5/c1-2-3-8-4-6-9(7-5-8)10-11(15(20)21)13(17)18-14(19)12(10)16(22)23/h4-7H,2-3H2,1H3,(H,20,21)(H,22,23)(H3,17,18,19). The van der Waals surface area contributed by atoms with Crippen molar-refractivity contribution in [3.05, 3.63) is 51.3 Å². The van der Waals surface area contributed by atoms with Gasteiger partial charge in [0.05, 0.1) is 0 Å². The van der Waals surface area contributed by atoms with Gasteiger partial charge < -0.3 is 20.9 Å². The number of nitrogens with one attached hydrogen (secondary N) is 1. The van der Waals surface area contributed by atoms with E-state index in [0.29, 0.717) is 5.56 Å². The van der Waals surface area contributed by atoms with Gasteiger partial charge in [0.15, 0.2) is 0 Å². The Labute approximate surface area is 131 Å². The van der Waals surface area contributed by atoms with Crippen molar-refractivity contribution in [1.82, 2.24) is 4.98 Å². The summed E-state index contributed by atoms with van der Waals surface area (Å²) in [4.78, 5) is 36.9. The Morgan fingerprint density at radius 2 is 1.65 bits per heavy atom. The Morgan fingerprint density at radius 3 is 2.13 bits per heavy atom. The monoisotopic (exact) mass is 316 g/mol. The van der Waals surface area contributed by atoms with Crippen LogP contribution in [0.3, 0.4) is 0 Å². The van der Waals surface area contributed by atoms with Crippen molar-refractivity contribution in [2.24, 2.45) is 0 Å². The van der Waals surface area contributed by atoms with E-state index in [1.165, 1.54) is 0 Å². The van der Waals surface area contributed by atoms with Crippen molar-refractivity contribution in [1.29, 1.82) is 0 Å². The van der Waals surface area contributed by atoms with Crippen LogP contribution in [-0.2, 0) is 6.42 Å². The van der Waals surface area contributed by atoms with Gasteiger partial charge in [-0.25, -0.2) is 9.59 Å². The van der Waals surface area contributed by atoms with Crippen molar-refractivity contribution < 1.29 is 19.8 Å². The zero-order valence-corrected chi connectivity index (χ0v) is 12.4. The molecule has 1 aromatic heterocycles. The maximum Gasteiger partial charge on any atom is 0.342 e. The minimum atomic E-state index is -1.51. The maximum absolute atomic E-state index is 11.9. The van der Waals surface area contributed by atoms with Gasteiger partial charge in [0, 0.05) is 5.56 Å². The summed E-state index contributed by atoms with van der Waals surface area (Å²) in [6, 6.07) is 6.73. The number of carboxylic acid groups (broad SMARTS) is 2. The Bertz CT molecular complexity index is 822. The number of benzene rings is 1. The summed E-state index contributed by atoms with van der Waals surface area (Å²) in [5, 5.41) is 18.6. The number of aryl methyl sites for hydroxylation is 1. The highest BCUT2D eigenvalue weighted by molar-refractivity contribution is 6.07. The first-order valence-corrected chi connectivity index (χ1v) is 6.98. The third kappa shape index (κ3) is 3.08. The zero-order valence-electron chi connectivity index (χ0n) is 12.4. The van der Waals surface area contributed by atoms with E-state index in [1.807, 2.05) is 6.92 Å². The van der Waals surface area contributed by atoms with Gasteiger partial charge in [-0.05, 0) is 17.5 Å². The molecule has 0 fully saturated rings. The van der Waals surface area contributed by atoms with E-state index in [2.05, 4.69) is 4.98 Å². The molecule has 2 aromatic rings. The topological polar surface area (TPSA) is 133 Å². The van der Waals surface area contributed by atoms with Gasteiger partial charge in [-0.3, -0.25) is 4.79 Å². The van der Waals surface area contributed by atoms with E-state index in [9.17, 15) is 24.6 Å². The van der Waals surface area contributed by atoms with Gasteiger partial charge in [-0.15, -0.1) is 0 Å². The molecule has 0 bridgehead atoms. The zero-order chi connectivity index (χ0) is 17.1. The Morgan fingerprint density at radius 1 is 1.09 bits per heavy atom. The lowest BCUT2D eigenvalue weighted by Gasteiger charge is -2.12. The SMILES string of the molecule is CCCc1ccc(-c2c(C(=O)O)c(N)[nH]c(=O)c2C(=O)O)cc1. The fourth-order valence-electron chi connectivity index (χ4n) is 2.46. The predicted octanol–water partition coefficient (Wildman–Crippen LogP) is 1.97. The van der Waals surface area contributed by atoms with Gasteiger partial charge in [-0.2, -0.15) is 0 Å². The minimum Gasteiger partial charge on any atom is -0.478 e. The smallest absolute Gasteiger partial charge is 0.342 e. The summed E-state index contributed by atoms with van der Waals surface area (Å²) in [5.41, 5.74) is 4.74. The molecule has 0 aliphatic rings. The quantitative estimate of drug-likeness (QED) is 0.666. The predicted molar refractivity (Wildman–Crippen MR) is 84.8 cm³/mol. The molecule has 0 amide bonds. The molecule has 1 heterocycles. The number of pyridine rings is 1. The van der Waals surface area contributed by atoms with Gasteiger partial charge in [-0.1, -0.05) is 37.6 Å². The number of anilines is 1. The number of H-pyrrole nitrogens is 1. The van der Waals surface area contributed by atoms with Crippen molar-refractivity contribution in [3.63, 3.8) is 0 Å². The molecule has 1 aromatic carbocycles. The lowest BCUT2D eigenvalue weighted by molar-refractivity contribution is 0.0695. The van der Waals surface area contributed by atoms with Crippen LogP contribution in [-0.4, -0.2) is 27.1 Å². The molecule has 0 radical (unpaired) electrons. The molecule has 0 spiro atoms. The largest absolute Gasteiger partial charge is 0.478 e. The van der Waals surface area contributed by atoms with E-state index in [-0.39, 0.29) is 11.4 Å². The van der Waals surface area contributed by atoms with Crippen molar-refractivity contribution in [2.45, 2.75) is 19.8 Å². The van der Waals surface area contributed by atoms with Gasteiger partial charge >= 0.3 is 11.9 Å². The molecule has 0 aliphatic carbocycles. The highest BCUT2D eigenvalue weighted by Crippen LogP contribution is 2.29. The normalized spacial score (nSPS) is 10.5. The van der Waals surface area contributed by atoms with Crippen LogP contribution in [0.25, 0.3) is 11.1 Å². The average Bonchev–Trinajstić information content (AvgIpc) is 2.46. The van der Waals surface area contributed by atoms with Crippen LogP contribution < -0.4 is 11.3 Å². The lowest BCUT2D eigenvalue weighted by atomic mass is 9.94. The summed E-state index contributed by atoms with van der Waals surface area (Å²) in [6.07, 6.45) is 1.79. The Hall–Kier alpha value is -3.09. The molecule has 23 heavy (non-hydrogen) atoms. The van der Waals surface area contributed by atoms with E-state index in [1.54, 1.807) is 24.3 Å². The number of carboxylic acids is 2. The molecule has 120 valence electrons. The summed E-state index contributed by atoms with van der Waals surface area (Å²) in [5.74, 6) is -3.30. The summed E-state index contributed by atoms with van der Waals surface area (Å²) in [6.45, 7) is 2.02. The van der Waals surface area contributed by atoms with Crippen LogP contribution in [0.5, 0.6) is 0 Å². The van der Waals surface area contributed by atoms with Crippen molar-refractivity contribution in [3.8, 4) is 11.1 Å². The number of hydrogen-bond acceptors (Lipinski definition) is 4. The highest BCUT2D eigenvalue weighted by Gasteiger charge is 2.26. The van der Waals surface area contributed by atoms with Crippen LogP contribution in [0.15, 0.2) is 29.1 Å². The van der Waals surface area contributed by atoms with Gasteiger partial charge in [0.1, 0.15) is 16.9 Å². The molecule has 5 N–H and O–H groups in total. The fourth-order valence-corrected chi connectivity index (χ4v) is 2.46. The molecule has 0 unspecified atom stereocenters. The van der Waals surface area contributed by atoms with Crippen molar-refractivity contribution >= 4 is 17.8 Å². The number of carbonyl (C=O) groups is 2. The first kappa shape index (κ1) is 16.3. The summed E-state index contributed by atoms with van der Waals surface area (Å²) in [7, 11) is 0. The molecule has 7 nitrogen and oxygen atoms in total. The number of nitrogens with two attached hydrogens (primary N) is 1. The lowest BCUT2D eigenvalue weighted by Crippen LogP contribution is -2.24. The number of hydrogen-bond donors (Lipinski definition) is 4. The van der Waals surface area contributed by atoms with Crippen LogP contribution in [0, 0.1) is 0 Å². The number of aromatic carboxylic acids is 2. The molecule has 0 aliphatic heterocycles. The van der Waals surface area contributed by atoms with Crippen LogP contribution in [0.1, 0.15) is 39.6 Å². The molecule has 7 heteroatoms. The van der Waals surface area contributed by atoms with E-state index >= 15 is 0 Å². The van der Waals surface area contributed by atoms with Crippen LogP contribution in [0.4, 0.5) is 5.82 Å². The van der Waals surface area contributed by atoms with E-state index in [4.69, 9.17) is 5.73 Å². The minimum absolute atomic E-state index is 0.186. The van der Waals surface area contributed by atoms with Crippen molar-refractivity contribution in [2.75, 3.05) is 5.73 Å². The Balaban J connectivity index is 2.79. The molecule has 0 saturated heterocycles. The second-order valence-corrected chi connectivity index (χ2v) is 5.05. The second kappa shape index (κ2) is 6.35. The third-order valence-electron chi connectivity index (χ3n) is 3.45. The number of nitrogen functional groups attached to an aromatic ring is 1. The molecule has 2 rings (SSSR count). The Kier molecular flexibility index (Phi) is 4.49. The third-order valence-corrected chi connectivity index (χ3v) is 3.45.